The van der Waals surface area contributed by atoms with Crippen LogP contribution in [0, 0.1) is 6.07 Å². The molecule has 2 rings (SSSR count). The smallest absolute Gasteiger partial charge is 0.145 e. The Morgan fingerprint density at radius 3 is 3.56 bits per heavy atom. The number of hydrazine groups is 1. The van der Waals surface area contributed by atoms with Gasteiger partial charge in [-0.3, -0.25) is 0 Å². The van der Waals surface area contributed by atoms with Crippen molar-refractivity contribution >= 4 is 5.82 Å². The molecule has 3 heteroatoms. The molecule has 1 aliphatic heterocycles. The van der Waals surface area contributed by atoms with Crippen LogP contribution in [0.4, 0.5) is 5.82 Å². The maximum atomic E-state index is 4.05. The first kappa shape index (κ1) is 4.76. The van der Waals surface area contributed by atoms with E-state index in [2.05, 4.69) is 21.9 Å². The molecule has 0 aromatic carbocycles. The highest BCUT2D eigenvalue weighted by molar-refractivity contribution is 5.45. The Morgan fingerprint density at radius 1 is 1.67 bits per heavy atom. The summed E-state index contributed by atoms with van der Waals surface area (Å²) in [6, 6.07) is 4.87. The molecule has 0 unspecified atom stereocenters. The fourth-order valence-corrected chi connectivity index (χ4v) is 0.855. The highest BCUT2D eigenvalue weighted by atomic mass is 15.4. The van der Waals surface area contributed by atoms with Crippen LogP contribution in [0.2, 0.25) is 0 Å². The first-order chi connectivity index (χ1) is 4.47. The summed E-state index contributed by atoms with van der Waals surface area (Å²) in [6.07, 6.45) is 1.72. The standard InChI is InChI=1S/C6H6N3/c1-2-5-4-8-9-6(5)7-3-1/h1,3,8H,4H2,(H,7,9). The van der Waals surface area contributed by atoms with Crippen molar-refractivity contribution < 1.29 is 0 Å². The minimum Gasteiger partial charge on any atom is -0.305 e. The van der Waals surface area contributed by atoms with Crippen molar-refractivity contribution in [3.05, 3.63) is 23.9 Å². The Labute approximate surface area is 53.1 Å². The van der Waals surface area contributed by atoms with Crippen LogP contribution in [0.15, 0.2) is 12.3 Å². The summed E-state index contributed by atoms with van der Waals surface area (Å²) in [5.74, 6) is 0.900. The van der Waals surface area contributed by atoms with Crippen molar-refractivity contribution in [2.75, 3.05) is 5.43 Å². The maximum Gasteiger partial charge on any atom is 0.145 e. The summed E-state index contributed by atoms with van der Waals surface area (Å²) in [5.41, 5.74) is 6.96. The normalized spacial score (nSPS) is 14.7. The predicted molar refractivity (Wildman–Crippen MR) is 33.5 cm³/mol. The van der Waals surface area contributed by atoms with Gasteiger partial charge in [-0.25, -0.2) is 10.4 Å². The summed E-state index contributed by atoms with van der Waals surface area (Å²) >= 11 is 0. The molecule has 2 N–H and O–H groups in total. The molecule has 2 heterocycles. The molecule has 45 valence electrons. The Bertz CT molecular complexity index is 198. The van der Waals surface area contributed by atoms with Crippen molar-refractivity contribution in [3.63, 3.8) is 0 Å². The van der Waals surface area contributed by atoms with Crippen molar-refractivity contribution in [1.29, 1.82) is 0 Å². The van der Waals surface area contributed by atoms with Crippen LogP contribution in [-0.2, 0) is 6.54 Å². The van der Waals surface area contributed by atoms with E-state index in [1.165, 1.54) is 0 Å². The van der Waals surface area contributed by atoms with Gasteiger partial charge in [0, 0.05) is 18.3 Å². The van der Waals surface area contributed by atoms with Gasteiger partial charge < -0.3 is 5.43 Å². The summed E-state index contributed by atoms with van der Waals surface area (Å²) in [7, 11) is 0. The molecular formula is C6H6N3. The average Bonchev–Trinajstić information content (AvgIpc) is 2.33. The van der Waals surface area contributed by atoms with Crippen molar-refractivity contribution in [1.82, 2.24) is 10.4 Å². The lowest BCUT2D eigenvalue weighted by molar-refractivity contribution is 0.858. The number of hydrogen-bond donors (Lipinski definition) is 2. The summed E-state index contributed by atoms with van der Waals surface area (Å²) in [5, 5.41) is 0. The van der Waals surface area contributed by atoms with Crippen LogP contribution in [0.3, 0.4) is 0 Å². The van der Waals surface area contributed by atoms with Gasteiger partial charge in [-0.2, -0.15) is 0 Å². The first-order valence-electron chi connectivity index (χ1n) is 2.81. The molecule has 1 aliphatic rings. The third kappa shape index (κ3) is 0.658. The Balaban J connectivity index is 2.54. The van der Waals surface area contributed by atoms with Crippen molar-refractivity contribution in [2.24, 2.45) is 0 Å². The average molecular weight is 120 g/mol. The zero-order valence-corrected chi connectivity index (χ0v) is 4.81. The van der Waals surface area contributed by atoms with Gasteiger partial charge in [0.2, 0.25) is 0 Å². The minimum absolute atomic E-state index is 0.823. The van der Waals surface area contributed by atoms with E-state index in [1.54, 1.807) is 6.20 Å². The van der Waals surface area contributed by atoms with Gasteiger partial charge in [0.15, 0.2) is 0 Å². The van der Waals surface area contributed by atoms with Crippen LogP contribution in [0.5, 0.6) is 0 Å². The predicted octanol–water partition coefficient (Wildman–Crippen LogP) is 0.312. The fourth-order valence-electron chi connectivity index (χ4n) is 0.855. The van der Waals surface area contributed by atoms with E-state index in [9.17, 15) is 0 Å². The molecule has 0 saturated heterocycles. The molecule has 1 aromatic rings. The van der Waals surface area contributed by atoms with E-state index in [4.69, 9.17) is 0 Å². The Hall–Kier alpha value is -1.09. The highest BCUT2D eigenvalue weighted by Gasteiger charge is 2.07. The highest BCUT2D eigenvalue weighted by Crippen LogP contribution is 2.13. The van der Waals surface area contributed by atoms with Gasteiger partial charge in [-0.1, -0.05) is 0 Å². The topological polar surface area (TPSA) is 37.0 Å². The summed E-state index contributed by atoms with van der Waals surface area (Å²) in [6.45, 7) is 0.823. The van der Waals surface area contributed by atoms with E-state index in [1.807, 2.05) is 6.07 Å². The molecule has 1 radical (unpaired) electrons. The minimum atomic E-state index is 0.823. The number of rotatable bonds is 0. The van der Waals surface area contributed by atoms with Gasteiger partial charge in [0.05, 0.1) is 0 Å². The van der Waals surface area contributed by atoms with Gasteiger partial charge in [-0.15, -0.1) is 0 Å². The summed E-state index contributed by atoms with van der Waals surface area (Å²) in [4.78, 5) is 4.05. The molecule has 0 saturated carbocycles. The monoisotopic (exact) mass is 120 g/mol. The van der Waals surface area contributed by atoms with Gasteiger partial charge in [0.1, 0.15) is 5.82 Å². The largest absolute Gasteiger partial charge is 0.305 e. The second-order valence-corrected chi connectivity index (χ2v) is 1.89. The molecule has 0 atom stereocenters. The second kappa shape index (κ2) is 1.70. The van der Waals surface area contributed by atoms with Gasteiger partial charge in [-0.05, 0) is 12.1 Å². The number of nitrogens with one attached hydrogen (secondary N) is 2. The lowest BCUT2D eigenvalue weighted by atomic mass is 10.3. The SMILES string of the molecule is [c]1ccnc2c1CNN2. The summed E-state index contributed by atoms with van der Waals surface area (Å²) < 4.78 is 0. The Kier molecular flexibility index (Phi) is 0.899. The van der Waals surface area contributed by atoms with Crippen molar-refractivity contribution in [2.45, 2.75) is 6.54 Å². The van der Waals surface area contributed by atoms with E-state index >= 15 is 0 Å². The van der Waals surface area contributed by atoms with E-state index < -0.39 is 0 Å². The second-order valence-electron chi connectivity index (χ2n) is 1.89. The number of pyridine rings is 1. The zero-order valence-electron chi connectivity index (χ0n) is 4.81. The number of nitrogens with zero attached hydrogens (tertiary/aromatic N) is 1. The van der Waals surface area contributed by atoms with Gasteiger partial charge >= 0.3 is 0 Å². The molecule has 9 heavy (non-hydrogen) atoms. The van der Waals surface area contributed by atoms with Gasteiger partial charge in [0.25, 0.3) is 0 Å². The third-order valence-corrected chi connectivity index (χ3v) is 1.29. The lowest BCUT2D eigenvalue weighted by Gasteiger charge is -1.91. The van der Waals surface area contributed by atoms with Crippen LogP contribution < -0.4 is 10.9 Å². The van der Waals surface area contributed by atoms with E-state index in [0.717, 1.165) is 17.9 Å². The molecule has 0 bridgehead atoms. The molecule has 3 nitrogen and oxygen atoms in total. The van der Waals surface area contributed by atoms with Crippen LogP contribution in [-0.4, -0.2) is 4.98 Å². The molecule has 0 amide bonds. The number of aromatic nitrogens is 1. The van der Waals surface area contributed by atoms with E-state index in [-0.39, 0.29) is 0 Å². The van der Waals surface area contributed by atoms with E-state index in [0.29, 0.717) is 0 Å². The molecular weight excluding hydrogens is 114 g/mol. The number of fused-ring (bicyclic) bond motifs is 1. The van der Waals surface area contributed by atoms with Crippen LogP contribution in [0.25, 0.3) is 0 Å². The fraction of sp³-hybridized carbons (Fsp3) is 0.167. The van der Waals surface area contributed by atoms with Crippen LogP contribution >= 0.6 is 0 Å². The molecule has 0 spiro atoms. The maximum absolute atomic E-state index is 4.05. The first-order valence-corrected chi connectivity index (χ1v) is 2.81. The molecule has 0 fully saturated rings. The van der Waals surface area contributed by atoms with Crippen LogP contribution in [0.1, 0.15) is 5.56 Å². The number of hydrogen-bond acceptors (Lipinski definition) is 3. The molecule has 0 aliphatic carbocycles. The Morgan fingerprint density at radius 2 is 2.67 bits per heavy atom. The zero-order chi connectivity index (χ0) is 6.10. The number of anilines is 1. The van der Waals surface area contributed by atoms with Crippen molar-refractivity contribution in [3.8, 4) is 0 Å². The third-order valence-electron chi connectivity index (χ3n) is 1.29. The lowest BCUT2D eigenvalue weighted by Crippen LogP contribution is -2.11. The quantitative estimate of drug-likeness (QED) is 0.517. The molecule has 1 aromatic heterocycles.